The largest absolute Gasteiger partial charge is 0.482 e. The fourth-order valence-electron chi connectivity index (χ4n) is 1.63. The van der Waals surface area contributed by atoms with Crippen LogP contribution in [0, 0.1) is 21.3 Å². The van der Waals surface area contributed by atoms with Gasteiger partial charge in [0.15, 0.2) is 5.75 Å². The van der Waals surface area contributed by atoms with Crippen molar-refractivity contribution in [3.8, 4) is 5.75 Å². The zero-order valence-electron chi connectivity index (χ0n) is 10.7. The Hall–Kier alpha value is -3.03. The highest BCUT2D eigenvalue weighted by atomic mass is 19.1. The molecule has 0 atom stereocenters. The van der Waals surface area contributed by atoms with Gasteiger partial charge in [-0.1, -0.05) is 0 Å². The number of nitro groups is 1. The summed E-state index contributed by atoms with van der Waals surface area (Å²) in [5.74, 6) is -0.941. The van der Waals surface area contributed by atoms with Crippen LogP contribution >= 0.6 is 0 Å². The summed E-state index contributed by atoms with van der Waals surface area (Å²) in [5, 5.41) is 18.1. The molecule has 0 saturated heterocycles. The van der Waals surface area contributed by atoms with Gasteiger partial charge in [0.05, 0.1) is 11.0 Å². The molecule has 0 saturated carbocycles. The maximum absolute atomic E-state index is 13.0. The molecular formula is C13H11FN4O3. The number of nitrogens with one attached hydrogen (secondary N) is 1. The van der Waals surface area contributed by atoms with Crippen molar-refractivity contribution in [2.24, 2.45) is 5.73 Å². The molecule has 0 fully saturated rings. The molecular weight excluding hydrogens is 279 g/mol. The molecule has 1 aromatic carbocycles. The number of ether oxygens (including phenoxy) is 1. The average molecular weight is 290 g/mol. The van der Waals surface area contributed by atoms with Crippen molar-refractivity contribution in [3.05, 3.63) is 63.7 Å². The van der Waals surface area contributed by atoms with E-state index < -0.39 is 16.4 Å². The molecule has 0 bridgehead atoms. The van der Waals surface area contributed by atoms with E-state index >= 15 is 0 Å². The smallest absolute Gasteiger partial charge is 0.313 e. The highest BCUT2D eigenvalue weighted by molar-refractivity contribution is 5.93. The Kier molecular flexibility index (Phi) is 4.07. The second-order valence-corrected chi connectivity index (χ2v) is 4.12. The van der Waals surface area contributed by atoms with Crippen LogP contribution in [0.1, 0.15) is 11.3 Å². The summed E-state index contributed by atoms with van der Waals surface area (Å²) >= 11 is 0. The lowest BCUT2D eigenvalue weighted by Gasteiger charge is -2.07. The first-order chi connectivity index (χ1) is 9.97. The minimum atomic E-state index is -0.716. The Morgan fingerprint density at radius 1 is 1.43 bits per heavy atom. The maximum atomic E-state index is 13.0. The van der Waals surface area contributed by atoms with Crippen molar-refractivity contribution < 1.29 is 14.1 Å². The summed E-state index contributed by atoms with van der Waals surface area (Å²) in [6.45, 7) is 0.00920. The van der Waals surface area contributed by atoms with Gasteiger partial charge in [0.2, 0.25) is 0 Å². The van der Waals surface area contributed by atoms with E-state index in [-0.39, 0.29) is 23.9 Å². The van der Waals surface area contributed by atoms with Gasteiger partial charge in [-0.15, -0.1) is 0 Å². The number of aromatic nitrogens is 1. The number of amidine groups is 1. The van der Waals surface area contributed by atoms with E-state index in [1.165, 1.54) is 18.3 Å². The van der Waals surface area contributed by atoms with E-state index in [0.29, 0.717) is 5.56 Å². The molecule has 21 heavy (non-hydrogen) atoms. The first kappa shape index (κ1) is 14.4. The molecule has 2 aromatic rings. The van der Waals surface area contributed by atoms with Crippen molar-refractivity contribution in [1.29, 1.82) is 5.41 Å². The highest BCUT2D eigenvalue weighted by Crippen LogP contribution is 2.28. The second kappa shape index (κ2) is 5.95. The first-order valence-electron chi connectivity index (χ1n) is 5.83. The van der Waals surface area contributed by atoms with Crippen LogP contribution in [-0.2, 0) is 6.61 Å². The van der Waals surface area contributed by atoms with Crippen LogP contribution in [0.3, 0.4) is 0 Å². The molecule has 0 aliphatic heterocycles. The van der Waals surface area contributed by atoms with Gasteiger partial charge >= 0.3 is 5.69 Å². The van der Waals surface area contributed by atoms with E-state index in [0.717, 1.165) is 12.1 Å². The second-order valence-electron chi connectivity index (χ2n) is 4.12. The Bertz CT molecular complexity index is 706. The summed E-state index contributed by atoms with van der Waals surface area (Å²) in [7, 11) is 0. The Morgan fingerprint density at radius 2 is 2.19 bits per heavy atom. The Balaban J connectivity index is 2.18. The predicted molar refractivity (Wildman–Crippen MR) is 72.6 cm³/mol. The molecule has 1 heterocycles. The standard InChI is InChI=1S/C13H11FN4O3/c14-9-1-2-12(11(6-9)18(19)20)21-7-8-3-4-17-10(5-8)13(15)16/h1-6H,7H2,(H3,15,16). The number of hydrogen-bond acceptors (Lipinski definition) is 5. The predicted octanol–water partition coefficient (Wildman–Crippen LogP) is 1.99. The Morgan fingerprint density at radius 3 is 2.86 bits per heavy atom. The summed E-state index contributed by atoms with van der Waals surface area (Å²) in [6, 6.07) is 6.23. The van der Waals surface area contributed by atoms with Gasteiger partial charge in [0.1, 0.15) is 24.0 Å². The van der Waals surface area contributed by atoms with E-state index in [1.54, 1.807) is 6.07 Å². The monoisotopic (exact) mass is 290 g/mol. The molecule has 0 unspecified atom stereocenters. The minimum Gasteiger partial charge on any atom is -0.482 e. The van der Waals surface area contributed by atoms with Crippen LogP contribution in [0.5, 0.6) is 5.75 Å². The zero-order chi connectivity index (χ0) is 15.4. The number of nitrogen functional groups attached to an aromatic ring is 1. The lowest BCUT2D eigenvalue weighted by Crippen LogP contribution is -2.13. The molecule has 108 valence electrons. The van der Waals surface area contributed by atoms with Crippen molar-refractivity contribution in [3.63, 3.8) is 0 Å². The molecule has 0 spiro atoms. The van der Waals surface area contributed by atoms with Gasteiger partial charge in [0, 0.05) is 6.20 Å². The quantitative estimate of drug-likeness (QED) is 0.378. The third kappa shape index (κ3) is 3.50. The number of nitrogens with two attached hydrogens (primary N) is 1. The van der Waals surface area contributed by atoms with Gasteiger partial charge in [-0.25, -0.2) is 4.39 Å². The SMILES string of the molecule is N=C(N)c1cc(COc2ccc(F)cc2[N+](=O)[O-])ccn1. The summed E-state index contributed by atoms with van der Waals surface area (Å²) in [6.07, 6.45) is 1.45. The van der Waals surface area contributed by atoms with Gasteiger partial charge < -0.3 is 10.5 Å². The molecule has 2 rings (SSSR count). The lowest BCUT2D eigenvalue weighted by molar-refractivity contribution is -0.386. The number of halogens is 1. The van der Waals surface area contributed by atoms with Gasteiger partial charge in [-0.2, -0.15) is 0 Å². The van der Waals surface area contributed by atoms with E-state index in [1.807, 2.05) is 0 Å². The molecule has 3 N–H and O–H groups in total. The van der Waals surface area contributed by atoms with E-state index in [4.69, 9.17) is 15.9 Å². The third-order valence-electron chi connectivity index (χ3n) is 2.61. The number of nitro benzene ring substituents is 1. The number of pyridine rings is 1. The number of benzene rings is 1. The fraction of sp³-hybridized carbons (Fsp3) is 0.0769. The summed E-state index contributed by atoms with van der Waals surface area (Å²) in [4.78, 5) is 14.0. The number of nitrogens with zero attached hydrogens (tertiary/aromatic N) is 2. The van der Waals surface area contributed by atoms with Gasteiger partial charge in [-0.05, 0) is 29.8 Å². The van der Waals surface area contributed by atoms with Crippen LogP contribution in [0.15, 0.2) is 36.5 Å². The third-order valence-corrected chi connectivity index (χ3v) is 2.61. The molecule has 1 aromatic heterocycles. The molecule has 0 aliphatic rings. The molecule has 0 amide bonds. The highest BCUT2D eigenvalue weighted by Gasteiger charge is 2.16. The fourth-order valence-corrected chi connectivity index (χ4v) is 1.63. The van der Waals surface area contributed by atoms with E-state index in [9.17, 15) is 14.5 Å². The van der Waals surface area contributed by atoms with Gasteiger partial charge in [0.25, 0.3) is 0 Å². The van der Waals surface area contributed by atoms with E-state index in [2.05, 4.69) is 4.98 Å². The van der Waals surface area contributed by atoms with Crippen molar-refractivity contribution in [1.82, 2.24) is 4.98 Å². The van der Waals surface area contributed by atoms with Crippen LogP contribution in [-0.4, -0.2) is 15.7 Å². The molecule has 0 radical (unpaired) electrons. The lowest BCUT2D eigenvalue weighted by atomic mass is 10.2. The first-order valence-corrected chi connectivity index (χ1v) is 5.83. The number of rotatable bonds is 5. The van der Waals surface area contributed by atoms with Crippen LogP contribution in [0.4, 0.5) is 10.1 Å². The molecule has 7 nitrogen and oxygen atoms in total. The summed E-state index contributed by atoms with van der Waals surface area (Å²) < 4.78 is 18.3. The topological polar surface area (TPSA) is 115 Å². The maximum Gasteiger partial charge on any atom is 0.313 e. The molecule has 0 aliphatic carbocycles. The van der Waals surface area contributed by atoms with Gasteiger partial charge in [-0.3, -0.25) is 20.5 Å². The summed E-state index contributed by atoms with van der Waals surface area (Å²) in [5.41, 5.74) is 5.79. The average Bonchev–Trinajstić information content (AvgIpc) is 2.46. The normalized spacial score (nSPS) is 10.1. The van der Waals surface area contributed by atoms with Crippen molar-refractivity contribution >= 4 is 11.5 Å². The Labute approximate surface area is 118 Å². The van der Waals surface area contributed by atoms with Crippen LogP contribution < -0.4 is 10.5 Å². The van der Waals surface area contributed by atoms with Crippen molar-refractivity contribution in [2.75, 3.05) is 0 Å². The van der Waals surface area contributed by atoms with Crippen LogP contribution in [0.2, 0.25) is 0 Å². The van der Waals surface area contributed by atoms with Crippen molar-refractivity contribution in [2.45, 2.75) is 6.61 Å². The van der Waals surface area contributed by atoms with Crippen LogP contribution in [0.25, 0.3) is 0 Å². The molecule has 8 heteroatoms. The zero-order valence-corrected chi connectivity index (χ0v) is 10.7. The number of hydrogen-bond donors (Lipinski definition) is 2. The minimum absolute atomic E-state index is 0.00920.